The number of nitrogen functional groups attached to an aromatic ring is 1. The maximum Gasteiger partial charge on any atom is 0.407 e. The molecule has 3 rings (SSSR count). The van der Waals surface area contributed by atoms with Crippen molar-refractivity contribution in [3.8, 4) is 0 Å². The SMILES string of the molecule is CC(C)(C)OC(=O)NC1CCN(c2cccc3c(N)noc23)C1. The molecule has 7 heteroatoms. The fraction of sp³-hybridized carbons (Fsp3) is 0.500. The summed E-state index contributed by atoms with van der Waals surface area (Å²) in [5.41, 5.74) is 6.93. The second kappa shape index (κ2) is 5.64. The molecule has 0 saturated carbocycles. The Balaban J connectivity index is 1.69. The highest BCUT2D eigenvalue weighted by Crippen LogP contribution is 2.32. The molecule has 1 aliphatic heterocycles. The van der Waals surface area contributed by atoms with Crippen LogP contribution in [0.5, 0.6) is 0 Å². The van der Waals surface area contributed by atoms with Gasteiger partial charge in [-0.3, -0.25) is 0 Å². The van der Waals surface area contributed by atoms with Gasteiger partial charge >= 0.3 is 6.09 Å². The van der Waals surface area contributed by atoms with Crippen LogP contribution in [0, 0.1) is 0 Å². The van der Waals surface area contributed by atoms with Gasteiger partial charge in [-0.15, -0.1) is 0 Å². The second-order valence-corrected chi connectivity index (χ2v) is 6.80. The highest BCUT2D eigenvalue weighted by atomic mass is 16.6. The minimum atomic E-state index is -0.495. The summed E-state index contributed by atoms with van der Waals surface area (Å²) in [6, 6.07) is 5.83. The molecule has 1 aromatic heterocycles. The van der Waals surface area contributed by atoms with Crippen molar-refractivity contribution in [3.63, 3.8) is 0 Å². The molecule has 7 nitrogen and oxygen atoms in total. The molecule has 1 atom stereocenters. The largest absolute Gasteiger partial charge is 0.444 e. The van der Waals surface area contributed by atoms with Crippen molar-refractivity contribution in [1.82, 2.24) is 10.5 Å². The van der Waals surface area contributed by atoms with Gasteiger partial charge in [-0.2, -0.15) is 0 Å². The molecule has 1 saturated heterocycles. The highest BCUT2D eigenvalue weighted by Gasteiger charge is 2.28. The fourth-order valence-corrected chi connectivity index (χ4v) is 2.79. The average molecular weight is 318 g/mol. The lowest BCUT2D eigenvalue weighted by atomic mass is 10.2. The van der Waals surface area contributed by atoms with E-state index in [1.165, 1.54) is 0 Å². The number of nitrogens with zero attached hydrogens (tertiary/aromatic N) is 2. The molecule has 1 unspecified atom stereocenters. The summed E-state index contributed by atoms with van der Waals surface area (Å²) in [5.74, 6) is 0.393. The average Bonchev–Trinajstić information content (AvgIpc) is 3.04. The molecule has 0 aliphatic carbocycles. The molecule has 2 aromatic rings. The van der Waals surface area contributed by atoms with E-state index in [4.69, 9.17) is 15.0 Å². The van der Waals surface area contributed by atoms with Crippen molar-refractivity contribution in [1.29, 1.82) is 0 Å². The number of rotatable bonds is 2. The summed E-state index contributed by atoms with van der Waals surface area (Å²) in [4.78, 5) is 14.0. The van der Waals surface area contributed by atoms with E-state index < -0.39 is 5.60 Å². The van der Waals surface area contributed by atoms with Crippen molar-refractivity contribution < 1.29 is 14.1 Å². The number of hydrogen-bond donors (Lipinski definition) is 2. The molecule has 23 heavy (non-hydrogen) atoms. The third kappa shape index (κ3) is 3.33. The van der Waals surface area contributed by atoms with Gasteiger partial charge in [0.1, 0.15) is 5.60 Å². The number of nitrogens with one attached hydrogen (secondary N) is 1. The van der Waals surface area contributed by atoms with Gasteiger partial charge < -0.3 is 25.2 Å². The summed E-state index contributed by atoms with van der Waals surface area (Å²) >= 11 is 0. The van der Waals surface area contributed by atoms with E-state index in [0.29, 0.717) is 17.9 Å². The van der Waals surface area contributed by atoms with Crippen LogP contribution in [0.3, 0.4) is 0 Å². The number of aromatic nitrogens is 1. The Kier molecular flexibility index (Phi) is 3.79. The van der Waals surface area contributed by atoms with E-state index in [0.717, 1.165) is 24.0 Å². The number of anilines is 2. The number of nitrogens with two attached hydrogens (primary N) is 1. The van der Waals surface area contributed by atoms with E-state index in [1.54, 1.807) is 0 Å². The Labute approximate surface area is 134 Å². The van der Waals surface area contributed by atoms with Crippen LogP contribution in [0.4, 0.5) is 16.3 Å². The first kappa shape index (κ1) is 15.5. The van der Waals surface area contributed by atoms with Crippen molar-refractivity contribution in [2.75, 3.05) is 23.7 Å². The molecule has 0 radical (unpaired) electrons. The van der Waals surface area contributed by atoms with Crippen molar-refractivity contribution >= 4 is 28.6 Å². The third-order valence-electron chi connectivity index (χ3n) is 3.76. The van der Waals surface area contributed by atoms with Gasteiger partial charge in [-0.25, -0.2) is 4.79 Å². The number of carbonyl (C=O) groups is 1. The molecule has 1 fully saturated rings. The fourth-order valence-electron chi connectivity index (χ4n) is 2.79. The molecule has 1 aromatic carbocycles. The van der Waals surface area contributed by atoms with Crippen LogP contribution < -0.4 is 16.0 Å². The Morgan fingerprint density at radius 2 is 2.26 bits per heavy atom. The van der Waals surface area contributed by atoms with Crippen LogP contribution >= 0.6 is 0 Å². The zero-order valence-corrected chi connectivity index (χ0v) is 13.6. The number of ether oxygens (including phenoxy) is 1. The molecule has 1 aliphatic rings. The van der Waals surface area contributed by atoms with Crippen LogP contribution in [0.1, 0.15) is 27.2 Å². The second-order valence-electron chi connectivity index (χ2n) is 6.80. The minimum Gasteiger partial charge on any atom is -0.444 e. The van der Waals surface area contributed by atoms with E-state index in [-0.39, 0.29) is 12.1 Å². The zero-order valence-electron chi connectivity index (χ0n) is 13.6. The maximum absolute atomic E-state index is 11.9. The Morgan fingerprint density at radius 3 is 3.00 bits per heavy atom. The molecule has 0 bridgehead atoms. The lowest BCUT2D eigenvalue weighted by Gasteiger charge is -2.22. The zero-order chi connectivity index (χ0) is 16.6. The van der Waals surface area contributed by atoms with E-state index in [9.17, 15) is 4.79 Å². The normalized spacial score (nSPS) is 18.4. The van der Waals surface area contributed by atoms with Crippen LogP contribution in [-0.2, 0) is 4.74 Å². The molecule has 124 valence electrons. The van der Waals surface area contributed by atoms with Gasteiger partial charge in [-0.1, -0.05) is 11.2 Å². The summed E-state index contributed by atoms with van der Waals surface area (Å²) < 4.78 is 10.6. The number of hydrogen-bond acceptors (Lipinski definition) is 6. The van der Waals surface area contributed by atoms with Gasteiger partial charge in [0.25, 0.3) is 0 Å². The smallest absolute Gasteiger partial charge is 0.407 e. The third-order valence-corrected chi connectivity index (χ3v) is 3.76. The predicted molar refractivity (Wildman–Crippen MR) is 88.4 cm³/mol. The van der Waals surface area contributed by atoms with Crippen molar-refractivity contribution in [2.45, 2.75) is 38.8 Å². The first-order valence-corrected chi connectivity index (χ1v) is 7.72. The van der Waals surface area contributed by atoms with Gasteiger partial charge in [0.2, 0.25) is 0 Å². The molecular weight excluding hydrogens is 296 g/mol. The minimum absolute atomic E-state index is 0.0420. The number of benzene rings is 1. The van der Waals surface area contributed by atoms with Gasteiger partial charge in [-0.05, 0) is 39.3 Å². The van der Waals surface area contributed by atoms with Crippen LogP contribution in [0.15, 0.2) is 22.7 Å². The predicted octanol–water partition coefficient (Wildman–Crippen LogP) is 2.51. The first-order valence-electron chi connectivity index (χ1n) is 7.72. The van der Waals surface area contributed by atoms with E-state index in [2.05, 4.69) is 15.4 Å². The van der Waals surface area contributed by atoms with Gasteiger partial charge in [0, 0.05) is 13.1 Å². The lowest BCUT2D eigenvalue weighted by molar-refractivity contribution is 0.0509. The molecule has 3 N–H and O–H groups in total. The number of amides is 1. The Hall–Kier alpha value is -2.44. The van der Waals surface area contributed by atoms with Crippen LogP contribution in [-0.4, -0.2) is 36.0 Å². The molecular formula is C16H22N4O3. The van der Waals surface area contributed by atoms with E-state index >= 15 is 0 Å². The van der Waals surface area contributed by atoms with Crippen LogP contribution in [0.25, 0.3) is 11.0 Å². The number of fused-ring (bicyclic) bond motifs is 1. The van der Waals surface area contributed by atoms with Crippen molar-refractivity contribution in [3.05, 3.63) is 18.2 Å². The monoisotopic (exact) mass is 318 g/mol. The molecule has 1 amide bonds. The standard InChI is InChI=1S/C16H22N4O3/c1-16(2,3)22-15(21)18-10-7-8-20(9-10)12-6-4-5-11-13(12)23-19-14(11)17/h4-6,10H,7-9H2,1-3H3,(H2,17,19)(H,18,21). The summed E-state index contributed by atoms with van der Waals surface area (Å²) in [7, 11) is 0. The van der Waals surface area contributed by atoms with Crippen LogP contribution in [0.2, 0.25) is 0 Å². The maximum atomic E-state index is 11.9. The summed E-state index contributed by atoms with van der Waals surface area (Å²) in [6.45, 7) is 7.06. The number of para-hydroxylation sites is 1. The summed E-state index contributed by atoms with van der Waals surface area (Å²) in [6.07, 6.45) is 0.464. The summed E-state index contributed by atoms with van der Waals surface area (Å²) in [5, 5.41) is 7.55. The quantitative estimate of drug-likeness (QED) is 0.883. The number of alkyl carbamates (subject to hydrolysis) is 1. The Morgan fingerprint density at radius 1 is 1.48 bits per heavy atom. The van der Waals surface area contributed by atoms with Crippen molar-refractivity contribution in [2.24, 2.45) is 0 Å². The lowest BCUT2D eigenvalue weighted by Crippen LogP contribution is -2.40. The molecule has 2 heterocycles. The van der Waals surface area contributed by atoms with Gasteiger partial charge in [0.05, 0.1) is 17.1 Å². The van der Waals surface area contributed by atoms with E-state index in [1.807, 2.05) is 39.0 Å². The topological polar surface area (TPSA) is 93.6 Å². The highest BCUT2D eigenvalue weighted by molar-refractivity contribution is 5.95. The first-order chi connectivity index (χ1) is 10.8. The Bertz CT molecular complexity index is 720. The molecule has 0 spiro atoms. The van der Waals surface area contributed by atoms with Gasteiger partial charge in [0.15, 0.2) is 11.4 Å². The number of carbonyl (C=O) groups excluding carboxylic acids is 1.